The smallest absolute Gasteiger partial charge is 0.274 e. The number of hydrogen-bond acceptors (Lipinski definition) is 3. The van der Waals surface area contributed by atoms with Gasteiger partial charge in [-0.15, -0.1) is 0 Å². The van der Waals surface area contributed by atoms with Crippen LogP contribution in [-0.2, 0) is 25.8 Å². The number of fused-ring (bicyclic) bond motifs is 2. The van der Waals surface area contributed by atoms with Crippen molar-refractivity contribution >= 4 is 17.5 Å². The lowest BCUT2D eigenvalue weighted by Crippen LogP contribution is -2.37. The van der Waals surface area contributed by atoms with Crippen LogP contribution >= 0.6 is 11.6 Å². The van der Waals surface area contributed by atoms with Crippen molar-refractivity contribution in [3.8, 4) is 0 Å². The Balaban J connectivity index is 1.60. The Morgan fingerprint density at radius 2 is 2.30 bits per heavy atom. The third kappa shape index (κ3) is 2.63. The molecule has 1 aliphatic heterocycles. The summed E-state index contributed by atoms with van der Waals surface area (Å²) in [5.41, 5.74) is 4.92. The quantitative estimate of drug-likeness (QED) is 0.874. The molecule has 0 saturated heterocycles. The molecule has 2 aromatic heterocycles. The van der Waals surface area contributed by atoms with Crippen LogP contribution in [0.15, 0.2) is 12.3 Å². The number of nitrogens with zero attached hydrogens (tertiary/aromatic N) is 3. The van der Waals surface area contributed by atoms with Crippen molar-refractivity contribution in [2.75, 3.05) is 6.54 Å². The van der Waals surface area contributed by atoms with E-state index < -0.39 is 0 Å². The van der Waals surface area contributed by atoms with Crippen molar-refractivity contribution in [1.29, 1.82) is 0 Å². The number of aromatic nitrogens is 3. The van der Waals surface area contributed by atoms with E-state index in [0.717, 1.165) is 48.2 Å². The normalized spacial score (nSPS) is 20.1. The Labute approximate surface area is 140 Å². The first-order valence-corrected chi connectivity index (χ1v) is 8.48. The number of rotatable bonds is 1. The maximum atomic E-state index is 12.9. The minimum Gasteiger partial charge on any atom is -0.332 e. The monoisotopic (exact) mass is 330 g/mol. The maximum Gasteiger partial charge on any atom is 0.274 e. The Kier molecular flexibility index (Phi) is 3.60. The molecule has 3 heterocycles. The lowest BCUT2D eigenvalue weighted by molar-refractivity contribution is 0.0726. The lowest BCUT2D eigenvalue weighted by atomic mass is 9.87. The fraction of sp³-hybridized carbons (Fsp3) is 0.471. The average Bonchev–Trinajstić information content (AvgIpc) is 2.96. The van der Waals surface area contributed by atoms with E-state index >= 15 is 0 Å². The molecule has 6 heteroatoms. The van der Waals surface area contributed by atoms with E-state index in [9.17, 15) is 4.79 Å². The highest BCUT2D eigenvalue weighted by Crippen LogP contribution is 2.28. The van der Waals surface area contributed by atoms with Gasteiger partial charge in [0.15, 0.2) is 5.69 Å². The topological polar surface area (TPSA) is 61.9 Å². The fourth-order valence-corrected chi connectivity index (χ4v) is 3.75. The highest BCUT2D eigenvalue weighted by atomic mass is 35.5. The van der Waals surface area contributed by atoms with E-state index in [1.165, 1.54) is 0 Å². The first kappa shape index (κ1) is 14.7. The van der Waals surface area contributed by atoms with E-state index in [1.54, 1.807) is 6.20 Å². The van der Waals surface area contributed by atoms with Gasteiger partial charge in [-0.05, 0) is 36.8 Å². The van der Waals surface area contributed by atoms with Crippen molar-refractivity contribution in [1.82, 2.24) is 20.1 Å². The summed E-state index contributed by atoms with van der Waals surface area (Å²) in [6.07, 6.45) is 5.51. The minimum absolute atomic E-state index is 0.0159. The van der Waals surface area contributed by atoms with E-state index in [0.29, 0.717) is 29.7 Å². The van der Waals surface area contributed by atoms with Crippen molar-refractivity contribution < 1.29 is 4.79 Å². The number of hydrogen-bond donors (Lipinski definition) is 1. The van der Waals surface area contributed by atoms with Crippen LogP contribution in [0.3, 0.4) is 0 Å². The minimum atomic E-state index is 0.0159. The van der Waals surface area contributed by atoms with Gasteiger partial charge in [0.25, 0.3) is 5.91 Å². The molecular weight excluding hydrogens is 312 g/mol. The molecule has 23 heavy (non-hydrogen) atoms. The van der Waals surface area contributed by atoms with E-state index in [1.807, 2.05) is 11.0 Å². The van der Waals surface area contributed by atoms with Crippen LogP contribution in [0.5, 0.6) is 0 Å². The first-order chi connectivity index (χ1) is 11.1. The molecule has 2 aromatic rings. The lowest BCUT2D eigenvalue weighted by Gasteiger charge is -2.28. The molecule has 5 nitrogen and oxygen atoms in total. The zero-order valence-electron chi connectivity index (χ0n) is 13.1. The standard InChI is InChI=1S/C17H19ClN4O/c1-10-2-3-15-13(6-10)16(21-20-15)17(23)22-5-4-14-11(9-22)7-12(18)8-19-14/h7-8,10H,2-6,9H2,1H3,(H,20,21). The third-order valence-corrected chi connectivity index (χ3v) is 5.10. The zero-order valence-corrected chi connectivity index (χ0v) is 13.9. The first-order valence-electron chi connectivity index (χ1n) is 8.10. The van der Waals surface area contributed by atoms with Crippen molar-refractivity contribution in [3.63, 3.8) is 0 Å². The predicted molar refractivity (Wildman–Crippen MR) is 87.5 cm³/mol. The Morgan fingerprint density at radius 3 is 3.17 bits per heavy atom. The number of carbonyl (C=O) groups is 1. The molecule has 1 atom stereocenters. The van der Waals surface area contributed by atoms with Crippen molar-refractivity contribution in [3.05, 3.63) is 45.5 Å². The van der Waals surface area contributed by atoms with Crippen molar-refractivity contribution in [2.24, 2.45) is 5.92 Å². The van der Waals surface area contributed by atoms with Gasteiger partial charge in [-0.3, -0.25) is 14.9 Å². The van der Waals surface area contributed by atoms with E-state index in [2.05, 4.69) is 22.1 Å². The van der Waals surface area contributed by atoms with Crippen LogP contribution in [-0.4, -0.2) is 32.5 Å². The van der Waals surface area contributed by atoms with Crippen LogP contribution in [0.1, 0.15) is 46.3 Å². The van der Waals surface area contributed by atoms with Gasteiger partial charge in [-0.1, -0.05) is 18.5 Å². The van der Waals surface area contributed by atoms with E-state index in [4.69, 9.17) is 11.6 Å². The summed E-state index contributed by atoms with van der Waals surface area (Å²) in [6, 6.07) is 1.91. The van der Waals surface area contributed by atoms with Gasteiger partial charge in [0, 0.05) is 42.7 Å². The number of pyridine rings is 1. The second-order valence-electron chi connectivity index (χ2n) is 6.61. The van der Waals surface area contributed by atoms with Crippen LogP contribution < -0.4 is 0 Å². The summed E-state index contributed by atoms with van der Waals surface area (Å²) in [7, 11) is 0. The highest BCUT2D eigenvalue weighted by molar-refractivity contribution is 6.30. The summed E-state index contributed by atoms with van der Waals surface area (Å²) in [4.78, 5) is 19.1. The average molecular weight is 331 g/mol. The number of aryl methyl sites for hydroxylation is 1. The molecule has 0 fully saturated rings. The second-order valence-corrected chi connectivity index (χ2v) is 7.05. The highest BCUT2D eigenvalue weighted by Gasteiger charge is 2.29. The maximum absolute atomic E-state index is 12.9. The second kappa shape index (κ2) is 5.64. The molecule has 1 N–H and O–H groups in total. The number of amides is 1. The summed E-state index contributed by atoms with van der Waals surface area (Å²) in [5.74, 6) is 0.624. The van der Waals surface area contributed by atoms with Gasteiger partial charge >= 0.3 is 0 Å². The number of H-pyrrole nitrogens is 1. The van der Waals surface area contributed by atoms with Gasteiger partial charge in [-0.2, -0.15) is 5.10 Å². The Hall–Kier alpha value is -1.88. The summed E-state index contributed by atoms with van der Waals surface area (Å²) in [5, 5.41) is 8.00. The fourth-order valence-electron chi connectivity index (χ4n) is 3.57. The molecule has 2 aliphatic rings. The molecule has 0 spiro atoms. The number of aromatic amines is 1. The van der Waals surface area contributed by atoms with Gasteiger partial charge in [0.05, 0.1) is 5.02 Å². The van der Waals surface area contributed by atoms with Gasteiger partial charge < -0.3 is 4.90 Å². The number of carbonyl (C=O) groups excluding carboxylic acids is 1. The molecule has 0 aromatic carbocycles. The largest absolute Gasteiger partial charge is 0.332 e. The third-order valence-electron chi connectivity index (χ3n) is 4.89. The number of halogens is 1. The van der Waals surface area contributed by atoms with Crippen LogP contribution in [0.25, 0.3) is 0 Å². The molecule has 1 unspecified atom stereocenters. The number of nitrogens with one attached hydrogen (secondary N) is 1. The predicted octanol–water partition coefficient (Wildman–Crippen LogP) is 2.78. The molecular formula is C17H19ClN4O. The van der Waals surface area contributed by atoms with Gasteiger partial charge in [-0.25, -0.2) is 0 Å². The van der Waals surface area contributed by atoms with Gasteiger partial charge in [0.1, 0.15) is 0 Å². The molecule has 0 saturated carbocycles. The van der Waals surface area contributed by atoms with Gasteiger partial charge in [0.2, 0.25) is 0 Å². The van der Waals surface area contributed by atoms with E-state index in [-0.39, 0.29) is 5.91 Å². The summed E-state index contributed by atoms with van der Waals surface area (Å²) in [6.45, 7) is 3.46. The summed E-state index contributed by atoms with van der Waals surface area (Å²) < 4.78 is 0. The van der Waals surface area contributed by atoms with Crippen LogP contribution in [0.2, 0.25) is 5.02 Å². The molecule has 0 radical (unpaired) electrons. The van der Waals surface area contributed by atoms with Crippen molar-refractivity contribution in [2.45, 2.75) is 39.2 Å². The molecule has 120 valence electrons. The molecule has 1 aliphatic carbocycles. The zero-order chi connectivity index (χ0) is 16.0. The molecule has 0 bridgehead atoms. The van der Waals surface area contributed by atoms with Crippen LogP contribution in [0, 0.1) is 5.92 Å². The molecule has 4 rings (SSSR count). The Bertz CT molecular complexity index is 770. The summed E-state index contributed by atoms with van der Waals surface area (Å²) >= 11 is 6.03. The SMILES string of the molecule is CC1CCc2[nH]nc(C(=O)N3CCc4ncc(Cl)cc4C3)c2C1. The van der Waals surface area contributed by atoms with Crippen LogP contribution in [0.4, 0.5) is 0 Å². The Morgan fingerprint density at radius 1 is 1.43 bits per heavy atom. The molecule has 1 amide bonds.